The third kappa shape index (κ3) is 5.02. The second kappa shape index (κ2) is 9.20. The number of hydrazone groups is 1. The van der Waals surface area contributed by atoms with Crippen LogP contribution in [0.3, 0.4) is 0 Å². The van der Waals surface area contributed by atoms with E-state index in [9.17, 15) is 4.79 Å². The minimum atomic E-state index is -0.483. The second-order valence-corrected chi connectivity index (χ2v) is 7.21. The van der Waals surface area contributed by atoms with Crippen molar-refractivity contribution in [2.75, 3.05) is 7.11 Å². The molecule has 3 aromatic rings. The molecule has 0 aliphatic carbocycles. The highest BCUT2D eigenvalue weighted by Crippen LogP contribution is 2.37. The zero-order valence-electron chi connectivity index (χ0n) is 16.2. The van der Waals surface area contributed by atoms with Gasteiger partial charge in [-0.1, -0.05) is 30.1 Å². The van der Waals surface area contributed by atoms with E-state index in [1.165, 1.54) is 13.3 Å². The number of hydrogen-bond acceptors (Lipinski definition) is 5. The van der Waals surface area contributed by atoms with E-state index in [0.29, 0.717) is 32.7 Å². The molecule has 0 bridgehead atoms. The van der Waals surface area contributed by atoms with Gasteiger partial charge >= 0.3 is 5.91 Å². The zero-order chi connectivity index (χ0) is 21.0. The predicted octanol–water partition coefficient (Wildman–Crippen LogP) is 5.69. The van der Waals surface area contributed by atoms with Gasteiger partial charge in [-0.15, -0.1) is 0 Å². The smallest absolute Gasteiger partial charge is 0.307 e. The molecule has 1 atom stereocenters. The van der Waals surface area contributed by atoms with Gasteiger partial charge in [0.05, 0.1) is 24.5 Å². The van der Waals surface area contributed by atoms with Crippen molar-refractivity contribution in [1.29, 1.82) is 0 Å². The van der Waals surface area contributed by atoms with Gasteiger partial charge in [-0.25, -0.2) is 5.43 Å². The number of carbonyl (C=O) groups excluding carboxylic acids is 1. The fourth-order valence-corrected chi connectivity index (χ4v) is 3.00. The van der Waals surface area contributed by atoms with Crippen molar-refractivity contribution >= 4 is 46.3 Å². The van der Waals surface area contributed by atoms with Gasteiger partial charge in [0, 0.05) is 10.4 Å². The minimum Gasteiger partial charge on any atom is -0.493 e. The average molecular weight is 435 g/mol. The topological polar surface area (TPSA) is 73.1 Å². The average Bonchev–Trinajstić information content (AvgIpc) is 3.12. The lowest BCUT2D eigenvalue weighted by atomic mass is 10.2. The molecule has 8 heteroatoms. The molecule has 1 aromatic heterocycles. The SMILES string of the molecule is CC[C@@H](C)Oc1c(Cl)cc(/C=N/NC(=O)c2cc3cc(Cl)ccc3o2)cc1OC. The Labute approximate surface area is 178 Å². The van der Waals surface area contributed by atoms with Gasteiger partial charge in [0.1, 0.15) is 5.58 Å². The summed E-state index contributed by atoms with van der Waals surface area (Å²) in [6, 6.07) is 10.1. The van der Waals surface area contributed by atoms with Gasteiger partial charge in [-0.05, 0) is 55.3 Å². The Balaban J connectivity index is 1.73. The summed E-state index contributed by atoms with van der Waals surface area (Å²) in [7, 11) is 1.53. The van der Waals surface area contributed by atoms with Crippen LogP contribution >= 0.6 is 23.2 Å². The van der Waals surface area contributed by atoms with E-state index in [0.717, 1.165) is 11.8 Å². The summed E-state index contributed by atoms with van der Waals surface area (Å²) in [5, 5.41) is 5.66. The Morgan fingerprint density at radius 2 is 2.07 bits per heavy atom. The summed E-state index contributed by atoms with van der Waals surface area (Å²) >= 11 is 12.3. The first-order chi connectivity index (χ1) is 13.9. The van der Waals surface area contributed by atoms with E-state index >= 15 is 0 Å². The first kappa shape index (κ1) is 21.0. The number of ether oxygens (including phenoxy) is 2. The van der Waals surface area contributed by atoms with Crippen LogP contribution in [0.2, 0.25) is 10.0 Å². The van der Waals surface area contributed by atoms with Crippen LogP contribution in [-0.2, 0) is 0 Å². The molecule has 0 fully saturated rings. The van der Waals surface area contributed by atoms with Crippen LogP contribution in [-0.4, -0.2) is 25.3 Å². The molecule has 29 heavy (non-hydrogen) atoms. The third-order valence-corrected chi connectivity index (χ3v) is 4.74. The molecule has 3 rings (SSSR count). The highest BCUT2D eigenvalue weighted by atomic mass is 35.5. The van der Waals surface area contributed by atoms with E-state index in [2.05, 4.69) is 10.5 Å². The molecular formula is C21H20Cl2N2O4. The number of amides is 1. The molecule has 0 aliphatic rings. The maximum atomic E-state index is 12.3. The van der Waals surface area contributed by atoms with E-state index in [1.807, 2.05) is 13.8 Å². The number of nitrogens with one attached hydrogen (secondary N) is 1. The van der Waals surface area contributed by atoms with Gasteiger partial charge in [0.15, 0.2) is 17.3 Å². The van der Waals surface area contributed by atoms with Crippen molar-refractivity contribution in [2.24, 2.45) is 5.10 Å². The van der Waals surface area contributed by atoms with Crippen LogP contribution in [0.4, 0.5) is 0 Å². The molecule has 2 aromatic carbocycles. The first-order valence-electron chi connectivity index (χ1n) is 8.98. The summed E-state index contributed by atoms with van der Waals surface area (Å²) in [5.41, 5.74) is 3.63. The maximum absolute atomic E-state index is 12.3. The normalized spacial score (nSPS) is 12.3. The number of hydrogen-bond donors (Lipinski definition) is 1. The minimum absolute atomic E-state index is 0.00102. The number of methoxy groups -OCH3 is 1. The van der Waals surface area contributed by atoms with Gasteiger partial charge in [0.2, 0.25) is 0 Å². The number of nitrogens with zero attached hydrogens (tertiary/aromatic N) is 1. The number of carbonyl (C=O) groups is 1. The molecule has 0 unspecified atom stereocenters. The predicted molar refractivity (Wildman–Crippen MR) is 115 cm³/mol. The quantitative estimate of drug-likeness (QED) is 0.382. The Morgan fingerprint density at radius 1 is 1.28 bits per heavy atom. The molecule has 0 spiro atoms. The maximum Gasteiger partial charge on any atom is 0.307 e. The van der Waals surface area contributed by atoms with Crippen molar-refractivity contribution in [2.45, 2.75) is 26.4 Å². The lowest BCUT2D eigenvalue weighted by Crippen LogP contribution is -2.16. The number of rotatable bonds is 7. The van der Waals surface area contributed by atoms with E-state index in [1.54, 1.807) is 36.4 Å². The summed E-state index contributed by atoms with van der Waals surface area (Å²) in [6.07, 6.45) is 2.29. The van der Waals surface area contributed by atoms with Gasteiger partial charge in [-0.2, -0.15) is 5.10 Å². The number of benzene rings is 2. The highest BCUT2D eigenvalue weighted by Gasteiger charge is 2.15. The third-order valence-electron chi connectivity index (χ3n) is 4.23. The van der Waals surface area contributed by atoms with Crippen molar-refractivity contribution < 1.29 is 18.7 Å². The van der Waals surface area contributed by atoms with Gasteiger partial charge in [-0.3, -0.25) is 4.79 Å². The molecule has 152 valence electrons. The van der Waals surface area contributed by atoms with Gasteiger partial charge in [0.25, 0.3) is 0 Å². The summed E-state index contributed by atoms with van der Waals surface area (Å²) in [5.74, 6) is 0.612. The Bertz CT molecular complexity index is 1060. The Kier molecular flexibility index (Phi) is 6.67. The van der Waals surface area contributed by atoms with Crippen LogP contribution in [0.15, 0.2) is 45.9 Å². The molecule has 1 amide bonds. The van der Waals surface area contributed by atoms with E-state index in [4.69, 9.17) is 37.1 Å². The van der Waals surface area contributed by atoms with Crippen LogP contribution in [0.25, 0.3) is 11.0 Å². The fraction of sp³-hybridized carbons (Fsp3) is 0.238. The van der Waals surface area contributed by atoms with Crippen LogP contribution < -0.4 is 14.9 Å². The molecule has 0 saturated heterocycles. The van der Waals surface area contributed by atoms with Crippen molar-refractivity contribution in [3.8, 4) is 11.5 Å². The number of furan rings is 1. The van der Waals surface area contributed by atoms with Crippen molar-refractivity contribution in [3.63, 3.8) is 0 Å². The summed E-state index contributed by atoms with van der Waals surface area (Å²) in [4.78, 5) is 12.3. The largest absolute Gasteiger partial charge is 0.493 e. The Hall–Kier alpha value is -2.70. The second-order valence-electron chi connectivity index (χ2n) is 6.36. The summed E-state index contributed by atoms with van der Waals surface area (Å²) in [6.45, 7) is 3.97. The van der Waals surface area contributed by atoms with Crippen LogP contribution in [0.1, 0.15) is 36.4 Å². The highest BCUT2D eigenvalue weighted by molar-refractivity contribution is 6.32. The monoisotopic (exact) mass is 434 g/mol. The molecule has 0 radical (unpaired) electrons. The fourth-order valence-electron chi connectivity index (χ4n) is 2.56. The van der Waals surface area contributed by atoms with Crippen LogP contribution in [0.5, 0.6) is 11.5 Å². The molecule has 0 aliphatic heterocycles. The molecular weight excluding hydrogens is 415 g/mol. The molecule has 1 N–H and O–H groups in total. The lowest BCUT2D eigenvalue weighted by Gasteiger charge is -2.17. The number of halogens is 2. The van der Waals surface area contributed by atoms with Gasteiger partial charge < -0.3 is 13.9 Å². The first-order valence-corrected chi connectivity index (χ1v) is 9.73. The van der Waals surface area contributed by atoms with Crippen molar-refractivity contribution in [1.82, 2.24) is 5.43 Å². The Morgan fingerprint density at radius 3 is 2.79 bits per heavy atom. The molecule has 0 saturated carbocycles. The lowest BCUT2D eigenvalue weighted by molar-refractivity contribution is 0.0929. The summed E-state index contributed by atoms with van der Waals surface area (Å²) < 4.78 is 16.7. The zero-order valence-corrected chi connectivity index (χ0v) is 17.7. The number of fused-ring (bicyclic) bond motifs is 1. The molecule has 6 nitrogen and oxygen atoms in total. The molecule has 1 heterocycles. The van der Waals surface area contributed by atoms with Crippen molar-refractivity contribution in [3.05, 3.63) is 57.8 Å². The van der Waals surface area contributed by atoms with Crippen LogP contribution in [0, 0.1) is 0 Å². The standard InChI is InChI=1S/C21H20Cl2N2O4/c1-4-12(2)28-20-16(23)7-13(8-18(20)27-3)11-24-25-21(26)19-10-14-9-15(22)5-6-17(14)29-19/h5-12H,4H2,1-3H3,(H,25,26)/b24-11+/t12-/m1/s1. The van der Waals surface area contributed by atoms with E-state index in [-0.39, 0.29) is 11.9 Å². The van der Waals surface area contributed by atoms with E-state index < -0.39 is 5.91 Å².